The predicted molar refractivity (Wildman–Crippen MR) is 81.8 cm³/mol. The molecule has 102 valence electrons. The molecule has 0 aromatic carbocycles. The van der Waals surface area contributed by atoms with Crippen LogP contribution >= 0.6 is 7.26 Å². The molecule has 2 heteroatoms. The van der Waals surface area contributed by atoms with Crippen molar-refractivity contribution in [2.75, 3.05) is 24.6 Å². The minimum atomic E-state index is -0.951. The molecule has 0 N–H and O–H groups in total. The molecule has 0 saturated heterocycles. The number of ketones is 1. The van der Waals surface area contributed by atoms with Crippen LogP contribution in [0.3, 0.4) is 0 Å². The van der Waals surface area contributed by atoms with Gasteiger partial charge in [0, 0.05) is 7.26 Å². The van der Waals surface area contributed by atoms with E-state index in [4.69, 9.17) is 0 Å². The first-order valence-electron chi connectivity index (χ1n) is 7.44. The lowest BCUT2D eigenvalue weighted by Crippen LogP contribution is -2.16. The van der Waals surface area contributed by atoms with E-state index in [0.717, 1.165) is 6.16 Å². The summed E-state index contributed by atoms with van der Waals surface area (Å²) in [7, 11) is -0.951. The molecule has 0 aromatic heterocycles. The summed E-state index contributed by atoms with van der Waals surface area (Å²) in [6.07, 6.45) is 12.8. The number of hydrogen-bond acceptors (Lipinski definition) is 1. The Hall–Kier alpha value is 0.100. The number of carbonyl (C=O) groups excluding carboxylic acids is 1. The van der Waals surface area contributed by atoms with E-state index < -0.39 is 7.26 Å². The average molecular weight is 259 g/mol. The number of rotatable bonds is 11. The Balaban J connectivity index is 4.56. The Morgan fingerprint density at radius 1 is 0.824 bits per heavy atom. The first-order valence-corrected chi connectivity index (χ1v) is 9.97. The summed E-state index contributed by atoms with van der Waals surface area (Å²) in [6.45, 7) is 8.59. The molecule has 0 amide bonds. The summed E-state index contributed by atoms with van der Waals surface area (Å²) in [4.78, 5) is 11.6. The second-order valence-electron chi connectivity index (χ2n) is 5.43. The fraction of sp³-hybridized carbons (Fsp3) is 0.933. The summed E-state index contributed by atoms with van der Waals surface area (Å²) in [6, 6.07) is 0. The highest BCUT2D eigenvalue weighted by molar-refractivity contribution is 7.76. The summed E-state index contributed by atoms with van der Waals surface area (Å²) >= 11 is 0. The van der Waals surface area contributed by atoms with Crippen LogP contribution in [0.1, 0.15) is 66.2 Å². The lowest BCUT2D eigenvalue weighted by Gasteiger charge is -2.26. The quantitative estimate of drug-likeness (QED) is 0.477. The van der Waals surface area contributed by atoms with Gasteiger partial charge in [0.1, 0.15) is 6.16 Å². The second-order valence-corrected chi connectivity index (χ2v) is 9.77. The third-order valence-corrected chi connectivity index (χ3v) is 8.43. The molecule has 0 spiro atoms. The van der Waals surface area contributed by atoms with Crippen LogP contribution in [0.5, 0.6) is 0 Å². The van der Waals surface area contributed by atoms with Crippen molar-refractivity contribution in [1.82, 2.24) is 0 Å². The van der Waals surface area contributed by atoms with E-state index in [1.807, 2.05) is 0 Å². The molecule has 1 nitrogen and oxygen atoms in total. The van der Waals surface area contributed by atoms with E-state index >= 15 is 0 Å². The molecule has 0 aromatic rings. The molecular formula is C15H32OP+. The van der Waals surface area contributed by atoms with E-state index in [0.29, 0.717) is 5.78 Å². The molecule has 0 unspecified atom stereocenters. The van der Waals surface area contributed by atoms with Gasteiger partial charge >= 0.3 is 0 Å². The van der Waals surface area contributed by atoms with Crippen LogP contribution in [0.15, 0.2) is 0 Å². The van der Waals surface area contributed by atoms with Crippen molar-refractivity contribution < 1.29 is 4.79 Å². The Morgan fingerprint density at radius 2 is 1.18 bits per heavy atom. The van der Waals surface area contributed by atoms with Gasteiger partial charge < -0.3 is 0 Å². The highest BCUT2D eigenvalue weighted by Crippen LogP contribution is 2.60. The molecule has 0 aliphatic heterocycles. The van der Waals surface area contributed by atoms with Crippen LogP contribution < -0.4 is 0 Å². The van der Waals surface area contributed by atoms with E-state index in [1.54, 1.807) is 6.92 Å². The predicted octanol–water partition coefficient (Wildman–Crippen LogP) is 4.99. The van der Waals surface area contributed by atoms with Gasteiger partial charge in [0.15, 0.2) is 5.78 Å². The zero-order valence-corrected chi connectivity index (χ0v) is 13.3. The fourth-order valence-corrected chi connectivity index (χ4v) is 7.58. The number of carbonyl (C=O) groups is 1. The highest BCUT2D eigenvalue weighted by Gasteiger charge is 2.36. The smallest absolute Gasteiger partial charge is 0.166 e. The molecular weight excluding hydrogens is 227 g/mol. The minimum absolute atomic E-state index is 0.432. The molecule has 0 saturated carbocycles. The minimum Gasteiger partial charge on any atom is -0.296 e. The Morgan fingerprint density at radius 3 is 1.41 bits per heavy atom. The lowest BCUT2D eigenvalue weighted by atomic mass is 10.4. The van der Waals surface area contributed by atoms with Crippen LogP contribution in [0, 0.1) is 0 Å². The van der Waals surface area contributed by atoms with Gasteiger partial charge in [-0.1, -0.05) is 40.0 Å². The number of Topliss-reactive ketones (excluding diaryl/α,β-unsaturated/α-hetero) is 1. The van der Waals surface area contributed by atoms with Gasteiger partial charge in [0.2, 0.25) is 0 Å². The number of unbranched alkanes of at least 4 members (excludes halogenated alkanes) is 3. The van der Waals surface area contributed by atoms with Crippen LogP contribution in [0.25, 0.3) is 0 Å². The molecule has 0 bridgehead atoms. The average Bonchev–Trinajstić information content (AvgIpc) is 2.30. The molecule has 0 atom stereocenters. The molecule has 0 aliphatic rings. The van der Waals surface area contributed by atoms with Gasteiger partial charge in [0.05, 0.1) is 18.5 Å². The topological polar surface area (TPSA) is 17.1 Å². The summed E-state index contributed by atoms with van der Waals surface area (Å²) in [5, 5.41) is 0. The van der Waals surface area contributed by atoms with Gasteiger partial charge in [-0.25, -0.2) is 0 Å². The van der Waals surface area contributed by atoms with Crippen molar-refractivity contribution in [2.45, 2.75) is 66.2 Å². The van der Waals surface area contributed by atoms with Crippen molar-refractivity contribution in [3.63, 3.8) is 0 Å². The maximum absolute atomic E-state index is 11.6. The van der Waals surface area contributed by atoms with E-state index in [-0.39, 0.29) is 0 Å². The van der Waals surface area contributed by atoms with Crippen molar-refractivity contribution in [3.05, 3.63) is 0 Å². The molecule has 0 heterocycles. The Bertz CT molecular complexity index is 179. The van der Waals surface area contributed by atoms with Gasteiger partial charge in [-0.15, -0.1) is 0 Å². The van der Waals surface area contributed by atoms with E-state index in [2.05, 4.69) is 20.8 Å². The zero-order valence-electron chi connectivity index (χ0n) is 12.4. The van der Waals surface area contributed by atoms with Crippen molar-refractivity contribution >= 4 is 13.0 Å². The van der Waals surface area contributed by atoms with Gasteiger partial charge in [-0.2, -0.15) is 0 Å². The van der Waals surface area contributed by atoms with Crippen LogP contribution in [-0.2, 0) is 4.79 Å². The van der Waals surface area contributed by atoms with Crippen molar-refractivity contribution in [2.24, 2.45) is 0 Å². The highest BCUT2D eigenvalue weighted by atomic mass is 31.2. The molecule has 0 rings (SSSR count). The summed E-state index contributed by atoms with van der Waals surface area (Å²) in [5.74, 6) is 0.432. The SMILES string of the molecule is CCCC[P+](CCCC)(CCCC)CC(C)=O. The molecule has 17 heavy (non-hydrogen) atoms. The van der Waals surface area contributed by atoms with Crippen LogP contribution in [0.4, 0.5) is 0 Å². The summed E-state index contributed by atoms with van der Waals surface area (Å²) in [5.41, 5.74) is 0. The Kier molecular flexibility index (Phi) is 10.1. The third-order valence-electron chi connectivity index (χ3n) is 3.52. The van der Waals surface area contributed by atoms with Crippen LogP contribution in [0.2, 0.25) is 0 Å². The number of hydrogen-bond donors (Lipinski definition) is 0. The van der Waals surface area contributed by atoms with E-state index in [1.165, 1.54) is 57.0 Å². The van der Waals surface area contributed by atoms with E-state index in [9.17, 15) is 4.79 Å². The van der Waals surface area contributed by atoms with Gasteiger partial charge in [-0.3, -0.25) is 4.79 Å². The zero-order chi connectivity index (χ0) is 13.1. The normalized spacial score (nSPS) is 11.8. The fourth-order valence-electron chi connectivity index (χ4n) is 2.53. The van der Waals surface area contributed by atoms with Crippen molar-refractivity contribution in [3.8, 4) is 0 Å². The van der Waals surface area contributed by atoms with Gasteiger partial charge in [0.25, 0.3) is 0 Å². The second kappa shape index (κ2) is 10.1. The maximum Gasteiger partial charge on any atom is 0.166 e. The van der Waals surface area contributed by atoms with Crippen LogP contribution in [-0.4, -0.2) is 30.4 Å². The molecule has 0 aliphatic carbocycles. The first kappa shape index (κ1) is 17.1. The summed E-state index contributed by atoms with van der Waals surface area (Å²) < 4.78 is 0. The molecule has 0 fully saturated rings. The largest absolute Gasteiger partial charge is 0.296 e. The standard InChI is InChI=1S/C15H32OP/c1-5-8-11-17(12-9-6-2,13-10-7-3)14-15(4)16/h5-14H2,1-4H3/q+1. The lowest BCUT2D eigenvalue weighted by molar-refractivity contribution is -0.114. The maximum atomic E-state index is 11.6. The van der Waals surface area contributed by atoms with Gasteiger partial charge in [-0.05, 0) is 26.2 Å². The first-order chi connectivity index (χ1) is 8.10. The third kappa shape index (κ3) is 7.92. The van der Waals surface area contributed by atoms with Crippen molar-refractivity contribution in [1.29, 1.82) is 0 Å². The monoisotopic (exact) mass is 259 g/mol. The molecule has 0 radical (unpaired) electrons. The Labute approximate surface area is 109 Å².